The van der Waals surface area contributed by atoms with Crippen LogP contribution in [0.2, 0.25) is 0 Å². The molecule has 0 fully saturated rings. The molecule has 484 valence electrons. The third-order valence-corrected chi connectivity index (χ3v) is 19.1. The van der Waals surface area contributed by atoms with Gasteiger partial charge in [0.05, 0.1) is 23.3 Å². The molecule has 0 spiro atoms. The fourth-order valence-corrected chi connectivity index (χ4v) is 14.0. The molecule has 12 heteroatoms. The molecule has 0 amide bonds. The molecule has 20 aromatic rings. The minimum atomic E-state index is 0.436. The van der Waals surface area contributed by atoms with Gasteiger partial charge in [0.1, 0.15) is 44.7 Å². The molecule has 0 aliphatic carbocycles. The minimum absolute atomic E-state index is 0.436. The topological polar surface area (TPSA) is 177 Å². The number of furan rings is 4. The van der Waals surface area contributed by atoms with Crippen LogP contribution in [0.4, 0.5) is 0 Å². The Morgan fingerprint density at radius 2 is 0.490 bits per heavy atom. The second-order valence-electron chi connectivity index (χ2n) is 25.5. The number of fused-ring (bicyclic) bond motifs is 12. The molecule has 12 nitrogen and oxygen atoms in total. The number of rotatable bonds is 10. The first-order chi connectivity index (χ1) is 51.3. The van der Waals surface area contributed by atoms with Crippen molar-refractivity contribution in [1.29, 1.82) is 10.5 Å². The van der Waals surface area contributed by atoms with Crippen molar-refractivity contribution in [2.45, 2.75) is 0 Å². The second-order valence-corrected chi connectivity index (χ2v) is 25.5. The number of benzene rings is 14. The monoisotopic (exact) mass is 1330 g/mol. The van der Waals surface area contributed by atoms with E-state index in [0.717, 1.165) is 160 Å². The molecule has 6 aromatic heterocycles. The second kappa shape index (κ2) is 25.2. The lowest BCUT2D eigenvalue weighted by molar-refractivity contribution is 0.668. The molecule has 6 heterocycles. The quantitative estimate of drug-likeness (QED) is 0.127. The van der Waals surface area contributed by atoms with Gasteiger partial charge in [-0.3, -0.25) is 0 Å². The first-order valence-corrected chi connectivity index (χ1v) is 34.0. The Balaban J connectivity index is 0.000000143. The molecule has 0 aliphatic heterocycles. The maximum Gasteiger partial charge on any atom is 0.165 e. The summed E-state index contributed by atoms with van der Waals surface area (Å²) in [5.74, 6) is 3.03. The Hall–Kier alpha value is -14.7. The van der Waals surface area contributed by atoms with Gasteiger partial charge in [0.15, 0.2) is 34.9 Å². The number of hydrogen-bond donors (Lipinski definition) is 0. The summed E-state index contributed by atoms with van der Waals surface area (Å²) in [6.07, 6.45) is 0. The third-order valence-electron chi connectivity index (χ3n) is 19.1. The fraction of sp³-hybridized carbons (Fsp3) is 0. The van der Waals surface area contributed by atoms with Gasteiger partial charge in [-0.15, -0.1) is 0 Å². The van der Waals surface area contributed by atoms with Crippen LogP contribution in [0.5, 0.6) is 0 Å². The first kappa shape index (κ1) is 60.5. The van der Waals surface area contributed by atoms with E-state index in [2.05, 4.69) is 121 Å². The Kier molecular flexibility index (Phi) is 14.7. The van der Waals surface area contributed by atoms with E-state index in [1.165, 1.54) is 0 Å². The van der Waals surface area contributed by atoms with E-state index in [0.29, 0.717) is 51.6 Å². The van der Waals surface area contributed by atoms with Crippen molar-refractivity contribution in [1.82, 2.24) is 29.9 Å². The van der Waals surface area contributed by atoms with Gasteiger partial charge in [0.25, 0.3) is 0 Å². The standard InChI is InChI=1S/2C46H26N4O2/c47-27-28-9-8-12-32(21-28)45-48-44(29-10-2-1-3-11-29)49-46(50-45)35-23-33(30-17-19-42-38(25-30)36-13-4-6-15-40(36)51-42)22-34(24-35)31-18-20-43-39(26-31)37-14-5-7-16-41(37)52-43;47-27-31-12-4-5-13-35(31)46-49-44(28-10-2-1-3-11-28)48-45(50-46)34-23-32(29-18-20-42-38(25-29)36-14-6-8-16-40(36)51-42)22-33(24-34)30-19-21-43-39(26-30)37-15-7-9-17-41(37)52-43/h2*1-26H. The highest BCUT2D eigenvalue weighted by Gasteiger charge is 2.21. The van der Waals surface area contributed by atoms with Gasteiger partial charge in [-0.2, -0.15) is 10.5 Å². The first-order valence-electron chi connectivity index (χ1n) is 34.0. The van der Waals surface area contributed by atoms with Crippen molar-refractivity contribution < 1.29 is 17.7 Å². The predicted molar refractivity (Wildman–Crippen MR) is 413 cm³/mol. The van der Waals surface area contributed by atoms with E-state index < -0.39 is 0 Å². The van der Waals surface area contributed by atoms with E-state index in [1.54, 1.807) is 12.1 Å². The smallest absolute Gasteiger partial charge is 0.165 e. The van der Waals surface area contributed by atoms with Crippen molar-refractivity contribution in [3.05, 3.63) is 327 Å². The Labute approximate surface area is 594 Å². The molecule has 0 atom stereocenters. The molecular weight excluding hydrogens is 1280 g/mol. The summed E-state index contributed by atoms with van der Waals surface area (Å²) in [5.41, 5.74) is 20.7. The lowest BCUT2D eigenvalue weighted by atomic mass is 9.94. The van der Waals surface area contributed by atoms with E-state index in [-0.39, 0.29) is 0 Å². The summed E-state index contributed by atoms with van der Waals surface area (Å²) >= 11 is 0. The van der Waals surface area contributed by atoms with Crippen LogP contribution in [-0.4, -0.2) is 29.9 Å². The summed E-state index contributed by atoms with van der Waals surface area (Å²) in [4.78, 5) is 30.0. The Morgan fingerprint density at radius 3 is 0.865 bits per heavy atom. The molecule has 0 radical (unpaired) electrons. The number of para-hydroxylation sites is 4. The minimum Gasteiger partial charge on any atom is -0.456 e. The summed E-state index contributed by atoms with van der Waals surface area (Å²) in [7, 11) is 0. The maximum atomic E-state index is 9.99. The average molecular weight is 1330 g/mol. The van der Waals surface area contributed by atoms with E-state index in [4.69, 9.17) is 47.6 Å². The van der Waals surface area contributed by atoms with Crippen molar-refractivity contribution in [3.8, 4) is 125 Å². The van der Waals surface area contributed by atoms with Gasteiger partial charge in [0.2, 0.25) is 0 Å². The maximum absolute atomic E-state index is 9.99. The Morgan fingerprint density at radius 1 is 0.192 bits per heavy atom. The number of nitrogens with zero attached hydrogens (tertiary/aromatic N) is 8. The molecule has 0 bridgehead atoms. The highest BCUT2D eigenvalue weighted by atomic mass is 16.3. The zero-order valence-corrected chi connectivity index (χ0v) is 55.2. The summed E-state index contributed by atoms with van der Waals surface area (Å²) in [6.45, 7) is 0. The van der Waals surface area contributed by atoms with E-state index in [9.17, 15) is 10.5 Å². The number of hydrogen-bond acceptors (Lipinski definition) is 12. The Bertz CT molecular complexity index is 6650. The van der Waals surface area contributed by atoms with Gasteiger partial charge in [-0.05, 0) is 178 Å². The zero-order chi connectivity index (χ0) is 69.2. The summed E-state index contributed by atoms with van der Waals surface area (Å²) in [5, 5.41) is 28.1. The van der Waals surface area contributed by atoms with Crippen LogP contribution in [0.25, 0.3) is 201 Å². The average Bonchev–Trinajstić information content (AvgIpc) is 1.74. The molecule has 0 saturated carbocycles. The molecule has 0 unspecified atom stereocenters. The predicted octanol–water partition coefficient (Wildman–Crippen LogP) is 23.8. The highest BCUT2D eigenvalue weighted by molar-refractivity contribution is 6.10. The van der Waals surface area contributed by atoms with Crippen molar-refractivity contribution in [2.24, 2.45) is 0 Å². The van der Waals surface area contributed by atoms with Crippen LogP contribution in [0.15, 0.2) is 333 Å². The highest BCUT2D eigenvalue weighted by Crippen LogP contribution is 2.42. The lowest BCUT2D eigenvalue weighted by Crippen LogP contribution is -2.01. The molecular formula is C92H52N8O4. The molecule has 0 saturated heterocycles. The van der Waals surface area contributed by atoms with E-state index >= 15 is 0 Å². The van der Waals surface area contributed by atoms with Crippen molar-refractivity contribution in [2.75, 3.05) is 0 Å². The van der Waals surface area contributed by atoms with Gasteiger partial charge >= 0.3 is 0 Å². The normalized spacial score (nSPS) is 11.4. The summed E-state index contributed by atoms with van der Waals surface area (Å²) in [6, 6.07) is 110. The van der Waals surface area contributed by atoms with Crippen LogP contribution < -0.4 is 0 Å². The van der Waals surface area contributed by atoms with Gasteiger partial charge < -0.3 is 17.7 Å². The van der Waals surface area contributed by atoms with Crippen molar-refractivity contribution >= 4 is 87.8 Å². The summed E-state index contributed by atoms with van der Waals surface area (Å²) < 4.78 is 24.7. The molecule has 14 aromatic carbocycles. The van der Waals surface area contributed by atoms with Crippen LogP contribution in [-0.2, 0) is 0 Å². The van der Waals surface area contributed by atoms with Crippen LogP contribution in [0.1, 0.15) is 11.1 Å². The zero-order valence-electron chi connectivity index (χ0n) is 55.2. The molecule has 104 heavy (non-hydrogen) atoms. The number of nitriles is 2. The fourth-order valence-electron chi connectivity index (χ4n) is 14.0. The van der Waals surface area contributed by atoms with Crippen LogP contribution >= 0.6 is 0 Å². The van der Waals surface area contributed by atoms with E-state index in [1.807, 2.05) is 194 Å². The SMILES string of the molecule is N#Cc1cccc(-c2nc(-c3ccccc3)nc(-c3cc(-c4ccc5oc6ccccc6c5c4)cc(-c4ccc5oc6ccccc6c5c4)c3)n2)c1.N#Cc1ccccc1-c1nc(-c2ccccc2)nc(-c2cc(-c3ccc4oc5ccccc5c4c3)cc(-c3ccc4oc5ccccc5c4c3)c2)n1. The van der Waals surface area contributed by atoms with Crippen molar-refractivity contribution in [3.63, 3.8) is 0 Å². The van der Waals surface area contributed by atoms with Gasteiger partial charge in [0, 0.05) is 76.5 Å². The molecule has 20 rings (SSSR count). The van der Waals surface area contributed by atoms with Crippen LogP contribution in [0, 0.1) is 22.7 Å². The third kappa shape index (κ3) is 11.1. The van der Waals surface area contributed by atoms with Crippen LogP contribution in [0.3, 0.4) is 0 Å². The molecule has 0 aliphatic rings. The number of aromatic nitrogens is 6. The largest absolute Gasteiger partial charge is 0.456 e. The van der Waals surface area contributed by atoms with Gasteiger partial charge in [-0.25, -0.2) is 29.9 Å². The molecule has 0 N–H and O–H groups in total. The lowest BCUT2D eigenvalue weighted by Gasteiger charge is -2.13. The van der Waals surface area contributed by atoms with Gasteiger partial charge in [-0.1, -0.05) is 182 Å².